The predicted molar refractivity (Wildman–Crippen MR) is 107 cm³/mol. The van der Waals surface area contributed by atoms with Crippen molar-refractivity contribution in [1.82, 2.24) is 20.3 Å². The van der Waals surface area contributed by atoms with Gasteiger partial charge in [-0.25, -0.2) is 0 Å². The highest BCUT2D eigenvalue weighted by Gasteiger charge is 2.27. The fourth-order valence-corrected chi connectivity index (χ4v) is 3.76. The molecule has 1 aliphatic rings. The van der Waals surface area contributed by atoms with Crippen molar-refractivity contribution < 1.29 is 9.32 Å². The molecule has 1 aromatic carbocycles. The van der Waals surface area contributed by atoms with E-state index in [1.54, 1.807) is 6.20 Å². The quantitative estimate of drug-likeness (QED) is 0.708. The molecule has 0 saturated carbocycles. The van der Waals surface area contributed by atoms with Gasteiger partial charge in [-0.2, -0.15) is 5.10 Å². The van der Waals surface area contributed by atoms with Crippen molar-refractivity contribution in [1.29, 1.82) is 0 Å². The average molecular weight is 379 g/mol. The number of aromatic nitrogens is 3. The second-order valence-corrected chi connectivity index (χ2v) is 7.41. The van der Waals surface area contributed by atoms with E-state index in [-0.39, 0.29) is 11.8 Å². The van der Waals surface area contributed by atoms with E-state index in [0.717, 1.165) is 66.4 Å². The van der Waals surface area contributed by atoms with Crippen molar-refractivity contribution in [2.24, 2.45) is 5.92 Å². The number of anilines is 1. The lowest BCUT2D eigenvalue weighted by atomic mass is 9.96. The summed E-state index contributed by atoms with van der Waals surface area (Å²) in [5.41, 5.74) is 4.88. The largest absolute Gasteiger partial charge is 0.361 e. The lowest BCUT2D eigenvalue weighted by Gasteiger charge is -2.31. The average Bonchev–Trinajstić information content (AvgIpc) is 3.35. The number of nitrogens with one attached hydrogen (secondary N) is 2. The summed E-state index contributed by atoms with van der Waals surface area (Å²) in [4.78, 5) is 15.1. The van der Waals surface area contributed by atoms with Crippen LogP contribution in [0.2, 0.25) is 0 Å². The maximum Gasteiger partial charge on any atom is 0.228 e. The lowest BCUT2D eigenvalue weighted by molar-refractivity contribution is -0.121. The number of H-pyrrole nitrogens is 1. The molecule has 0 radical (unpaired) electrons. The summed E-state index contributed by atoms with van der Waals surface area (Å²) in [6.07, 6.45) is 3.65. The smallest absolute Gasteiger partial charge is 0.228 e. The molecular formula is C21H25N5O2. The first-order chi connectivity index (χ1) is 13.6. The highest BCUT2D eigenvalue weighted by Crippen LogP contribution is 2.24. The summed E-state index contributed by atoms with van der Waals surface area (Å²) < 4.78 is 5.26. The van der Waals surface area contributed by atoms with Gasteiger partial charge in [0, 0.05) is 30.5 Å². The fourth-order valence-electron chi connectivity index (χ4n) is 3.76. The van der Waals surface area contributed by atoms with E-state index in [1.165, 1.54) is 0 Å². The second kappa shape index (κ2) is 7.98. The van der Waals surface area contributed by atoms with Crippen LogP contribution in [0.3, 0.4) is 0 Å². The first-order valence-corrected chi connectivity index (χ1v) is 9.65. The summed E-state index contributed by atoms with van der Waals surface area (Å²) >= 11 is 0. The van der Waals surface area contributed by atoms with Crippen molar-refractivity contribution in [3.63, 3.8) is 0 Å². The van der Waals surface area contributed by atoms with Gasteiger partial charge in [-0.3, -0.25) is 14.8 Å². The standard InChI is InChI=1S/C21H25N5O2/c1-14-19(15(2)28-25-14)13-26-11-3-4-17(12-26)21(27)23-18-7-5-16(6-8-18)20-9-10-22-24-20/h5-10,17H,3-4,11-13H2,1-2H3,(H,22,24)(H,23,27)/t17-/m0/s1. The van der Waals surface area contributed by atoms with Gasteiger partial charge in [-0.1, -0.05) is 17.3 Å². The van der Waals surface area contributed by atoms with Crippen molar-refractivity contribution in [3.05, 3.63) is 53.5 Å². The van der Waals surface area contributed by atoms with Crippen LogP contribution in [0.4, 0.5) is 5.69 Å². The van der Waals surface area contributed by atoms with E-state index in [1.807, 2.05) is 44.2 Å². The van der Waals surface area contributed by atoms with Crippen LogP contribution >= 0.6 is 0 Å². The van der Waals surface area contributed by atoms with Crippen molar-refractivity contribution in [2.75, 3.05) is 18.4 Å². The number of likely N-dealkylation sites (tertiary alicyclic amines) is 1. The Labute approximate surface area is 164 Å². The number of amides is 1. The number of aryl methyl sites for hydroxylation is 2. The van der Waals surface area contributed by atoms with Gasteiger partial charge in [0.2, 0.25) is 5.91 Å². The van der Waals surface area contributed by atoms with Crippen LogP contribution in [0.1, 0.15) is 29.9 Å². The maximum atomic E-state index is 12.8. The SMILES string of the molecule is Cc1noc(C)c1CN1CCC[C@H](C(=O)Nc2ccc(-c3ccn[nH]3)cc2)C1. The molecular weight excluding hydrogens is 354 g/mol. The van der Waals surface area contributed by atoms with Gasteiger partial charge in [0.15, 0.2) is 0 Å². The van der Waals surface area contributed by atoms with E-state index in [0.29, 0.717) is 0 Å². The van der Waals surface area contributed by atoms with Crippen LogP contribution in [0, 0.1) is 19.8 Å². The van der Waals surface area contributed by atoms with Crippen LogP contribution in [-0.2, 0) is 11.3 Å². The van der Waals surface area contributed by atoms with Gasteiger partial charge in [-0.15, -0.1) is 0 Å². The molecule has 1 saturated heterocycles. The van der Waals surface area contributed by atoms with Crippen LogP contribution in [0.15, 0.2) is 41.1 Å². The molecule has 1 fully saturated rings. The number of piperidine rings is 1. The first-order valence-electron chi connectivity index (χ1n) is 9.65. The first kappa shape index (κ1) is 18.4. The van der Waals surface area contributed by atoms with E-state index >= 15 is 0 Å². The summed E-state index contributed by atoms with van der Waals surface area (Å²) in [6, 6.07) is 9.74. The molecule has 28 heavy (non-hydrogen) atoms. The maximum absolute atomic E-state index is 12.8. The molecule has 0 unspecified atom stereocenters. The Morgan fingerprint density at radius 1 is 1.29 bits per heavy atom. The van der Waals surface area contributed by atoms with Crippen LogP contribution in [-0.4, -0.2) is 39.3 Å². The molecule has 3 aromatic rings. The zero-order chi connectivity index (χ0) is 19.5. The van der Waals surface area contributed by atoms with Crippen LogP contribution < -0.4 is 5.32 Å². The Balaban J connectivity index is 1.36. The normalized spacial score (nSPS) is 17.6. The Morgan fingerprint density at radius 2 is 2.11 bits per heavy atom. The minimum atomic E-state index is -0.0125. The molecule has 0 bridgehead atoms. The highest BCUT2D eigenvalue weighted by atomic mass is 16.5. The molecule has 7 heteroatoms. The third-order valence-electron chi connectivity index (χ3n) is 5.40. The number of rotatable bonds is 5. The monoisotopic (exact) mass is 379 g/mol. The minimum Gasteiger partial charge on any atom is -0.361 e. The molecule has 2 N–H and O–H groups in total. The molecule has 1 aliphatic heterocycles. The number of hydrogen-bond donors (Lipinski definition) is 2. The third kappa shape index (κ3) is 3.99. The van der Waals surface area contributed by atoms with Crippen molar-refractivity contribution in [3.8, 4) is 11.3 Å². The topological polar surface area (TPSA) is 87.1 Å². The Kier molecular flexibility index (Phi) is 5.25. The number of benzene rings is 1. The van der Waals surface area contributed by atoms with Crippen LogP contribution in [0.5, 0.6) is 0 Å². The molecule has 0 aliphatic carbocycles. The number of carbonyl (C=O) groups excluding carboxylic acids is 1. The minimum absolute atomic E-state index is 0.0125. The number of nitrogens with zero attached hydrogens (tertiary/aromatic N) is 3. The van der Waals surface area contributed by atoms with E-state index in [4.69, 9.17) is 4.52 Å². The van der Waals surface area contributed by atoms with Gasteiger partial charge in [0.1, 0.15) is 5.76 Å². The molecule has 7 nitrogen and oxygen atoms in total. The lowest BCUT2D eigenvalue weighted by Crippen LogP contribution is -2.40. The van der Waals surface area contributed by atoms with Gasteiger partial charge < -0.3 is 9.84 Å². The molecule has 1 atom stereocenters. The summed E-state index contributed by atoms with van der Waals surface area (Å²) in [5, 5.41) is 14.0. The van der Waals surface area contributed by atoms with E-state index in [9.17, 15) is 4.79 Å². The summed E-state index contributed by atoms with van der Waals surface area (Å²) in [6.45, 7) is 6.43. The highest BCUT2D eigenvalue weighted by molar-refractivity contribution is 5.93. The molecule has 1 amide bonds. The number of carbonyl (C=O) groups is 1. The Bertz CT molecular complexity index is 911. The zero-order valence-corrected chi connectivity index (χ0v) is 16.2. The molecule has 3 heterocycles. The van der Waals surface area contributed by atoms with Crippen molar-refractivity contribution in [2.45, 2.75) is 33.2 Å². The predicted octanol–water partition coefficient (Wildman–Crippen LogP) is 3.53. The number of aromatic amines is 1. The van der Waals surface area contributed by atoms with Gasteiger partial charge in [-0.05, 0) is 57.0 Å². The van der Waals surface area contributed by atoms with Crippen molar-refractivity contribution >= 4 is 11.6 Å². The Morgan fingerprint density at radius 3 is 2.79 bits per heavy atom. The van der Waals surface area contributed by atoms with Gasteiger partial charge >= 0.3 is 0 Å². The molecule has 2 aromatic heterocycles. The second-order valence-electron chi connectivity index (χ2n) is 7.41. The number of hydrogen-bond acceptors (Lipinski definition) is 5. The van der Waals surface area contributed by atoms with Gasteiger partial charge in [0.25, 0.3) is 0 Å². The van der Waals surface area contributed by atoms with E-state index in [2.05, 4.69) is 25.6 Å². The molecule has 0 spiro atoms. The molecule has 146 valence electrons. The van der Waals surface area contributed by atoms with Gasteiger partial charge in [0.05, 0.1) is 17.3 Å². The summed E-state index contributed by atoms with van der Waals surface area (Å²) in [5.74, 6) is 0.931. The fraction of sp³-hybridized carbons (Fsp3) is 0.381. The Hall–Kier alpha value is -2.93. The zero-order valence-electron chi connectivity index (χ0n) is 16.2. The van der Waals surface area contributed by atoms with Crippen LogP contribution in [0.25, 0.3) is 11.3 Å². The third-order valence-corrected chi connectivity index (χ3v) is 5.40. The summed E-state index contributed by atoms with van der Waals surface area (Å²) in [7, 11) is 0. The molecule has 4 rings (SSSR count). The van der Waals surface area contributed by atoms with E-state index < -0.39 is 0 Å².